The second kappa shape index (κ2) is 10.1. The summed E-state index contributed by atoms with van der Waals surface area (Å²) in [5.74, 6) is 2.10. The summed E-state index contributed by atoms with van der Waals surface area (Å²) in [5.41, 5.74) is 4.71. The van der Waals surface area contributed by atoms with E-state index in [0.717, 1.165) is 48.4 Å². The maximum Gasteiger partial charge on any atom is 0.219 e. The molecule has 0 spiro atoms. The summed E-state index contributed by atoms with van der Waals surface area (Å²) in [6.45, 7) is 8.30. The van der Waals surface area contributed by atoms with Gasteiger partial charge in [-0.25, -0.2) is 4.98 Å². The number of aryl methyl sites for hydroxylation is 4. The van der Waals surface area contributed by atoms with E-state index >= 15 is 0 Å². The van der Waals surface area contributed by atoms with Gasteiger partial charge in [0.2, 0.25) is 5.91 Å². The molecule has 1 amide bonds. The molecule has 3 aromatic rings. The third kappa shape index (κ3) is 5.59. The Hall–Kier alpha value is -2.82. The highest BCUT2D eigenvalue weighted by Gasteiger charge is 2.10. The summed E-state index contributed by atoms with van der Waals surface area (Å²) in [5, 5.41) is 2.94. The molecule has 0 fully saturated rings. The first-order chi connectivity index (χ1) is 14.1. The molecule has 3 rings (SSSR count). The van der Waals surface area contributed by atoms with Crippen molar-refractivity contribution in [2.24, 2.45) is 0 Å². The first kappa shape index (κ1) is 20.9. The average molecular weight is 394 g/mol. The molecular formula is C24H31N3O2. The highest BCUT2D eigenvalue weighted by molar-refractivity contribution is 5.76. The Morgan fingerprint density at radius 2 is 1.93 bits per heavy atom. The van der Waals surface area contributed by atoms with Crippen LogP contribution >= 0.6 is 0 Å². The fraction of sp³-hybridized carbons (Fsp3) is 0.417. The van der Waals surface area contributed by atoms with Crippen LogP contribution in [0.1, 0.15) is 43.1 Å². The van der Waals surface area contributed by atoms with Gasteiger partial charge in [-0.1, -0.05) is 25.1 Å². The van der Waals surface area contributed by atoms with Crippen molar-refractivity contribution in [3.63, 3.8) is 0 Å². The quantitative estimate of drug-likeness (QED) is 0.513. The van der Waals surface area contributed by atoms with Gasteiger partial charge < -0.3 is 14.6 Å². The highest BCUT2D eigenvalue weighted by atomic mass is 16.5. The normalized spacial score (nSPS) is 11.0. The predicted octanol–water partition coefficient (Wildman–Crippen LogP) is 4.58. The predicted molar refractivity (Wildman–Crippen MR) is 117 cm³/mol. The molecule has 0 bridgehead atoms. The van der Waals surface area contributed by atoms with Gasteiger partial charge in [-0.05, 0) is 62.1 Å². The number of carbonyl (C=O) groups is 1. The van der Waals surface area contributed by atoms with Crippen LogP contribution in [-0.2, 0) is 17.8 Å². The molecule has 5 heteroatoms. The van der Waals surface area contributed by atoms with Gasteiger partial charge in [0, 0.05) is 25.9 Å². The fourth-order valence-electron chi connectivity index (χ4n) is 3.38. The molecule has 154 valence electrons. The first-order valence-corrected chi connectivity index (χ1v) is 10.5. The molecule has 29 heavy (non-hydrogen) atoms. The standard InChI is InChI=1S/C24H31N3O2/c1-4-24(28)25-14-7-11-23-26-21-9-5-6-10-22(21)27(23)15-8-16-29-20-13-12-18(2)19(3)17-20/h5-6,9-10,12-13,17H,4,7-8,11,14-16H2,1-3H3,(H,25,28). The van der Waals surface area contributed by atoms with E-state index in [9.17, 15) is 4.79 Å². The van der Waals surface area contributed by atoms with Gasteiger partial charge >= 0.3 is 0 Å². The molecule has 0 aliphatic heterocycles. The second-order valence-electron chi connectivity index (χ2n) is 7.42. The van der Waals surface area contributed by atoms with E-state index in [1.807, 2.05) is 19.1 Å². The summed E-state index contributed by atoms with van der Waals surface area (Å²) >= 11 is 0. The minimum absolute atomic E-state index is 0.0991. The molecule has 0 saturated heterocycles. The largest absolute Gasteiger partial charge is 0.494 e. The number of hydrogen-bond acceptors (Lipinski definition) is 3. The lowest BCUT2D eigenvalue weighted by Gasteiger charge is -2.11. The van der Waals surface area contributed by atoms with E-state index < -0.39 is 0 Å². The average Bonchev–Trinajstić information content (AvgIpc) is 3.08. The number of aromatic nitrogens is 2. The molecule has 0 saturated carbocycles. The number of amides is 1. The third-order valence-corrected chi connectivity index (χ3v) is 5.23. The Bertz CT molecular complexity index is 962. The van der Waals surface area contributed by atoms with E-state index in [0.29, 0.717) is 19.6 Å². The zero-order valence-corrected chi connectivity index (χ0v) is 17.7. The molecule has 5 nitrogen and oxygen atoms in total. The summed E-state index contributed by atoms with van der Waals surface area (Å²) < 4.78 is 8.24. The monoisotopic (exact) mass is 393 g/mol. The van der Waals surface area contributed by atoms with Crippen molar-refractivity contribution in [2.75, 3.05) is 13.2 Å². The zero-order chi connectivity index (χ0) is 20.6. The van der Waals surface area contributed by atoms with Gasteiger partial charge in [-0.15, -0.1) is 0 Å². The minimum atomic E-state index is 0.0991. The molecule has 0 radical (unpaired) electrons. The first-order valence-electron chi connectivity index (χ1n) is 10.5. The van der Waals surface area contributed by atoms with Gasteiger partial charge in [0.05, 0.1) is 17.6 Å². The summed E-state index contributed by atoms with van der Waals surface area (Å²) in [7, 11) is 0. The Morgan fingerprint density at radius 3 is 2.72 bits per heavy atom. The summed E-state index contributed by atoms with van der Waals surface area (Å²) in [6.07, 6.45) is 3.16. The topological polar surface area (TPSA) is 56.2 Å². The van der Waals surface area contributed by atoms with E-state index in [4.69, 9.17) is 9.72 Å². The van der Waals surface area contributed by atoms with Crippen molar-refractivity contribution in [1.29, 1.82) is 0 Å². The Labute approximate surface area is 173 Å². The van der Waals surface area contributed by atoms with Crippen molar-refractivity contribution < 1.29 is 9.53 Å². The van der Waals surface area contributed by atoms with Crippen molar-refractivity contribution in [2.45, 2.75) is 53.0 Å². The SMILES string of the molecule is CCC(=O)NCCCc1nc2ccccc2n1CCCOc1ccc(C)c(C)c1. The van der Waals surface area contributed by atoms with Crippen molar-refractivity contribution in [1.82, 2.24) is 14.9 Å². The number of ether oxygens (including phenoxy) is 1. The number of nitrogens with one attached hydrogen (secondary N) is 1. The number of carbonyl (C=O) groups excluding carboxylic acids is 1. The van der Waals surface area contributed by atoms with Crippen LogP contribution in [0.5, 0.6) is 5.75 Å². The Kier molecular flexibility index (Phi) is 7.28. The maximum atomic E-state index is 11.4. The lowest BCUT2D eigenvalue weighted by atomic mass is 10.1. The zero-order valence-electron chi connectivity index (χ0n) is 17.7. The van der Waals surface area contributed by atoms with Crippen LogP contribution in [0.15, 0.2) is 42.5 Å². The van der Waals surface area contributed by atoms with Crippen LogP contribution in [0.3, 0.4) is 0 Å². The van der Waals surface area contributed by atoms with Crippen LogP contribution in [0.4, 0.5) is 0 Å². The molecule has 1 aromatic heterocycles. The van der Waals surface area contributed by atoms with E-state index in [-0.39, 0.29) is 5.91 Å². The lowest BCUT2D eigenvalue weighted by molar-refractivity contribution is -0.120. The number of hydrogen-bond donors (Lipinski definition) is 1. The smallest absolute Gasteiger partial charge is 0.219 e. The number of benzene rings is 2. The molecule has 1 heterocycles. The van der Waals surface area contributed by atoms with Crippen molar-refractivity contribution in [3.05, 3.63) is 59.4 Å². The van der Waals surface area contributed by atoms with Crippen molar-refractivity contribution in [3.8, 4) is 5.75 Å². The van der Waals surface area contributed by atoms with Gasteiger partial charge in [-0.2, -0.15) is 0 Å². The van der Waals surface area contributed by atoms with Crippen molar-refractivity contribution >= 4 is 16.9 Å². The highest BCUT2D eigenvalue weighted by Crippen LogP contribution is 2.19. The number of imidazole rings is 1. The van der Waals surface area contributed by atoms with Crippen LogP contribution in [0.25, 0.3) is 11.0 Å². The van der Waals surface area contributed by atoms with E-state index in [1.54, 1.807) is 0 Å². The van der Waals surface area contributed by atoms with Gasteiger partial charge in [0.25, 0.3) is 0 Å². The second-order valence-corrected chi connectivity index (χ2v) is 7.42. The van der Waals surface area contributed by atoms with Crippen LogP contribution in [-0.4, -0.2) is 28.6 Å². The molecule has 0 atom stereocenters. The summed E-state index contributed by atoms with van der Waals surface area (Å²) in [4.78, 5) is 16.2. The molecule has 0 unspecified atom stereocenters. The number of para-hydroxylation sites is 2. The van der Waals surface area contributed by atoms with E-state index in [2.05, 4.69) is 54.1 Å². The summed E-state index contributed by atoms with van der Waals surface area (Å²) in [6, 6.07) is 14.5. The lowest BCUT2D eigenvalue weighted by Crippen LogP contribution is -2.23. The fourth-order valence-corrected chi connectivity index (χ4v) is 3.38. The van der Waals surface area contributed by atoms with Crippen LogP contribution in [0.2, 0.25) is 0 Å². The van der Waals surface area contributed by atoms with Gasteiger partial charge in [-0.3, -0.25) is 4.79 Å². The maximum absolute atomic E-state index is 11.4. The van der Waals surface area contributed by atoms with Gasteiger partial charge in [0.15, 0.2) is 0 Å². The van der Waals surface area contributed by atoms with E-state index in [1.165, 1.54) is 11.1 Å². The van der Waals surface area contributed by atoms with Gasteiger partial charge in [0.1, 0.15) is 11.6 Å². The Balaban J connectivity index is 1.59. The van der Waals surface area contributed by atoms with Crippen LogP contribution < -0.4 is 10.1 Å². The van der Waals surface area contributed by atoms with Crippen LogP contribution in [0, 0.1) is 13.8 Å². The molecule has 0 aliphatic carbocycles. The minimum Gasteiger partial charge on any atom is -0.494 e. The molecule has 0 aliphatic rings. The number of rotatable bonds is 10. The molecule has 2 aromatic carbocycles. The number of nitrogens with zero attached hydrogens (tertiary/aromatic N) is 2. The Morgan fingerprint density at radius 1 is 1.10 bits per heavy atom. The number of fused-ring (bicyclic) bond motifs is 1. The third-order valence-electron chi connectivity index (χ3n) is 5.23. The molecule has 1 N–H and O–H groups in total. The molecular weight excluding hydrogens is 362 g/mol.